The Hall–Kier alpha value is -6.01. The largest absolute Gasteiger partial charge is 0.477 e. The number of aromatic carboxylic acids is 1. The second kappa shape index (κ2) is 22.1. The number of benzene rings is 3. The van der Waals surface area contributed by atoms with E-state index in [-0.39, 0.29) is 29.1 Å². The first-order valence-corrected chi connectivity index (χ1v) is 19.8. The highest BCUT2D eigenvalue weighted by Crippen LogP contribution is 2.36. The molecule has 0 spiro atoms. The number of hydrogen-bond donors (Lipinski definition) is 4. The van der Waals surface area contributed by atoms with Crippen LogP contribution in [0.25, 0.3) is 11.1 Å². The van der Waals surface area contributed by atoms with Crippen LogP contribution in [0.15, 0.2) is 114 Å². The number of nitrogens with zero attached hydrogens (tertiary/aromatic N) is 2. The first-order chi connectivity index (χ1) is 27.7. The lowest BCUT2D eigenvalue weighted by Gasteiger charge is -2.29. The lowest BCUT2D eigenvalue weighted by molar-refractivity contribution is -0.130. The minimum absolute atomic E-state index is 0.00372. The molecule has 0 aliphatic heterocycles. The van der Waals surface area contributed by atoms with Crippen LogP contribution in [0.1, 0.15) is 93.7 Å². The van der Waals surface area contributed by atoms with E-state index in [0.29, 0.717) is 30.0 Å². The van der Waals surface area contributed by atoms with Gasteiger partial charge in [0, 0.05) is 34.8 Å². The zero-order valence-corrected chi connectivity index (χ0v) is 34.8. The zero-order chi connectivity index (χ0) is 42.2. The number of carbonyl (C=O) groups excluding carboxylic acids is 3. The highest BCUT2D eigenvalue weighted by Gasteiger charge is 2.29. The number of rotatable bonds is 11. The van der Waals surface area contributed by atoms with E-state index >= 15 is 0 Å². The summed E-state index contributed by atoms with van der Waals surface area (Å²) >= 11 is 3.21. The first-order valence-electron chi connectivity index (χ1n) is 19.0. The van der Waals surface area contributed by atoms with Crippen LogP contribution in [0.2, 0.25) is 0 Å². The maximum Gasteiger partial charge on any atom is 0.356 e. The van der Waals surface area contributed by atoms with E-state index in [1.807, 2.05) is 43.3 Å². The maximum atomic E-state index is 12.8. The van der Waals surface area contributed by atoms with E-state index in [0.717, 1.165) is 52.4 Å². The normalized spacial score (nSPS) is 14.9. The number of pyridine rings is 2. The predicted octanol–water partition coefficient (Wildman–Crippen LogP) is 8.65. The molecular formula is C46H50BrN5O6. The van der Waals surface area contributed by atoms with Crippen molar-refractivity contribution in [2.75, 3.05) is 7.11 Å². The Morgan fingerprint density at radius 1 is 0.879 bits per heavy atom. The van der Waals surface area contributed by atoms with Gasteiger partial charge < -0.3 is 20.9 Å². The Morgan fingerprint density at radius 2 is 1.53 bits per heavy atom. The number of carboxylic acids is 1. The van der Waals surface area contributed by atoms with Crippen LogP contribution in [0.3, 0.4) is 0 Å². The Balaban J connectivity index is 0.000000227. The van der Waals surface area contributed by atoms with E-state index in [1.165, 1.54) is 30.6 Å². The van der Waals surface area contributed by atoms with E-state index < -0.39 is 18.0 Å². The van der Waals surface area contributed by atoms with Crippen molar-refractivity contribution in [2.45, 2.75) is 71.3 Å². The highest BCUT2D eigenvalue weighted by atomic mass is 79.9. The number of aryl methyl sites for hydroxylation is 3. The number of aromatic nitrogens is 2. The number of hydrogen-bond acceptors (Lipinski definition) is 8. The molecule has 6 rings (SSSR count). The van der Waals surface area contributed by atoms with Crippen molar-refractivity contribution in [2.24, 2.45) is 11.7 Å². The molecule has 1 saturated carbocycles. The topological polar surface area (TPSA) is 185 Å². The van der Waals surface area contributed by atoms with Crippen molar-refractivity contribution in [3.05, 3.63) is 153 Å². The average molecular weight is 849 g/mol. The van der Waals surface area contributed by atoms with Crippen molar-refractivity contribution in [3.8, 4) is 11.1 Å². The number of nitrogens with one attached hydrogen (secondary N) is 2. The van der Waals surface area contributed by atoms with Gasteiger partial charge in [0.1, 0.15) is 17.2 Å². The fraction of sp³-hybridized carbons (Fsp3) is 0.283. The van der Waals surface area contributed by atoms with Crippen LogP contribution < -0.4 is 11.1 Å². The van der Waals surface area contributed by atoms with E-state index in [2.05, 4.69) is 67.1 Å². The number of nitrogen functional groups attached to an aromatic ring is 1. The molecule has 0 radical (unpaired) electrons. The van der Waals surface area contributed by atoms with Crippen LogP contribution >= 0.6 is 15.9 Å². The van der Waals surface area contributed by atoms with Crippen LogP contribution in [-0.2, 0) is 20.7 Å². The second-order valence-electron chi connectivity index (χ2n) is 14.2. The van der Waals surface area contributed by atoms with Crippen molar-refractivity contribution in [1.29, 1.82) is 5.41 Å². The highest BCUT2D eigenvalue weighted by molar-refractivity contribution is 9.10. The van der Waals surface area contributed by atoms with Crippen molar-refractivity contribution in [1.82, 2.24) is 15.3 Å². The lowest BCUT2D eigenvalue weighted by Crippen LogP contribution is -2.42. The van der Waals surface area contributed by atoms with Gasteiger partial charge in [0.25, 0.3) is 0 Å². The minimum Gasteiger partial charge on any atom is -0.477 e. The SMILES string of the molecule is COC(=O)c1cc(Br)ccn1.Cc1cccc(-c2ccnc(C(=O)O)c2)c1.Cc1cccc([C@H]2CCC[C@@H](C(=O)N[C@@H](C)C(=O)CCc3ccc(C(=N)N)cc3)C2)c1. The fourth-order valence-electron chi connectivity index (χ4n) is 6.57. The Bertz CT molecular complexity index is 2210. The zero-order valence-electron chi connectivity index (χ0n) is 33.2. The Labute approximate surface area is 348 Å². The van der Waals surface area contributed by atoms with Crippen molar-refractivity contribution < 1.29 is 29.0 Å². The summed E-state index contributed by atoms with van der Waals surface area (Å²) in [5.41, 5.74) is 13.1. The molecule has 1 aliphatic rings. The molecule has 5 N–H and O–H groups in total. The van der Waals surface area contributed by atoms with Gasteiger partial charge >= 0.3 is 11.9 Å². The average Bonchev–Trinajstić information content (AvgIpc) is 3.23. The van der Waals surface area contributed by atoms with Gasteiger partial charge in [-0.25, -0.2) is 19.6 Å². The lowest BCUT2D eigenvalue weighted by atomic mass is 9.77. The molecule has 58 heavy (non-hydrogen) atoms. The summed E-state index contributed by atoms with van der Waals surface area (Å²) in [7, 11) is 1.32. The summed E-state index contributed by atoms with van der Waals surface area (Å²) in [5, 5.41) is 19.2. The summed E-state index contributed by atoms with van der Waals surface area (Å²) in [6.07, 6.45) is 7.92. The number of esters is 1. The molecule has 1 amide bonds. The van der Waals surface area contributed by atoms with Gasteiger partial charge in [-0.1, -0.05) is 106 Å². The summed E-state index contributed by atoms with van der Waals surface area (Å²) in [6, 6.07) is 30.1. The Kier molecular flexibility index (Phi) is 17.0. The van der Waals surface area contributed by atoms with Crippen LogP contribution in [0, 0.1) is 25.2 Å². The number of amides is 1. The molecular weight excluding hydrogens is 798 g/mol. The summed E-state index contributed by atoms with van der Waals surface area (Å²) < 4.78 is 5.28. The van der Waals surface area contributed by atoms with Gasteiger partial charge in [-0.15, -0.1) is 0 Å². The quantitative estimate of drug-likeness (QED) is 0.0574. The number of carbonyl (C=O) groups is 4. The first kappa shape index (κ1) is 44.7. The molecule has 1 fully saturated rings. The number of ketones is 1. The van der Waals surface area contributed by atoms with E-state index in [9.17, 15) is 19.2 Å². The molecule has 0 unspecified atom stereocenters. The number of methoxy groups -OCH3 is 1. The van der Waals surface area contributed by atoms with Gasteiger partial charge in [-0.05, 0) is 98.9 Å². The third kappa shape index (κ3) is 13.9. The molecule has 5 aromatic rings. The van der Waals surface area contributed by atoms with E-state index in [1.54, 1.807) is 43.3 Å². The fourth-order valence-corrected chi connectivity index (χ4v) is 6.91. The number of Topliss-reactive ketones (excluding diaryl/α,β-unsaturated/α-hetero) is 1. The number of ether oxygens (including phenoxy) is 1. The standard InChI is InChI=1S/C26H33N3O2.C13H11NO2.C7H6BrNO2/c1-17-5-3-6-21(15-17)22-7-4-8-23(16-22)26(31)29-18(2)24(30)14-11-19-9-12-20(13-10-19)25(27)28;1-9-3-2-4-10(7-9)11-5-6-14-12(8-11)13(15)16;1-11-7(10)6-4-5(8)2-3-9-6/h3,5-6,9-10,12-13,15,18,22-23H,4,7-8,11,14,16H2,1-2H3,(H3,27,28)(H,29,31);2-8H,1H3,(H,15,16);2-4H,1H3/t18-,22-,23+;;/m0../s1. The molecule has 2 heterocycles. The van der Waals surface area contributed by atoms with Crippen LogP contribution in [0.5, 0.6) is 0 Å². The summed E-state index contributed by atoms with van der Waals surface area (Å²) in [6.45, 7) is 5.88. The molecule has 1 aliphatic carbocycles. The predicted molar refractivity (Wildman–Crippen MR) is 229 cm³/mol. The number of nitrogens with two attached hydrogens (primary N) is 1. The number of carboxylic acid groups (broad SMARTS) is 1. The number of amidine groups is 1. The summed E-state index contributed by atoms with van der Waals surface area (Å²) in [4.78, 5) is 54.6. The van der Waals surface area contributed by atoms with Crippen molar-refractivity contribution in [3.63, 3.8) is 0 Å². The van der Waals surface area contributed by atoms with Crippen LogP contribution in [0.4, 0.5) is 0 Å². The van der Waals surface area contributed by atoms with Gasteiger partial charge in [-0.3, -0.25) is 15.0 Å². The third-order valence-corrected chi connectivity index (χ3v) is 10.3. The minimum atomic E-state index is -1.01. The van der Waals surface area contributed by atoms with Crippen LogP contribution in [-0.4, -0.2) is 57.7 Å². The van der Waals surface area contributed by atoms with Crippen molar-refractivity contribution >= 4 is 45.4 Å². The maximum absolute atomic E-state index is 12.8. The molecule has 0 saturated heterocycles. The molecule has 302 valence electrons. The molecule has 11 nitrogen and oxygen atoms in total. The summed E-state index contributed by atoms with van der Waals surface area (Å²) in [5.74, 6) is -0.979. The second-order valence-corrected chi connectivity index (χ2v) is 15.2. The van der Waals surface area contributed by atoms with Gasteiger partial charge in [0.05, 0.1) is 13.2 Å². The molecule has 0 bridgehead atoms. The molecule has 12 heteroatoms. The third-order valence-electron chi connectivity index (χ3n) is 9.77. The molecule has 3 atom stereocenters. The Morgan fingerprint density at radius 3 is 2.17 bits per heavy atom. The van der Waals surface area contributed by atoms with E-state index in [4.69, 9.17) is 16.2 Å². The smallest absolute Gasteiger partial charge is 0.356 e. The van der Waals surface area contributed by atoms with Gasteiger partial charge in [-0.2, -0.15) is 0 Å². The van der Waals surface area contributed by atoms with Gasteiger partial charge in [0.2, 0.25) is 5.91 Å². The van der Waals surface area contributed by atoms with Gasteiger partial charge in [0.15, 0.2) is 5.78 Å². The molecule has 3 aromatic carbocycles. The number of halogens is 1. The molecule has 2 aromatic heterocycles. The monoisotopic (exact) mass is 847 g/mol.